The van der Waals surface area contributed by atoms with E-state index < -0.39 is 47.6 Å². The van der Waals surface area contributed by atoms with Crippen molar-refractivity contribution < 1.29 is 42.0 Å². The molecule has 1 aliphatic heterocycles. The maximum atomic E-state index is 13.9. The number of carbonyl (C=O) groups is 2. The lowest BCUT2D eigenvalue weighted by atomic mass is 9.79. The number of aromatic nitrogens is 2. The van der Waals surface area contributed by atoms with E-state index in [1.807, 2.05) is 5.32 Å². The van der Waals surface area contributed by atoms with E-state index in [9.17, 15) is 27.9 Å². The van der Waals surface area contributed by atoms with Gasteiger partial charge >= 0.3 is 18.1 Å². The van der Waals surface area contributed by atoms with Gasteiger partial charge in [0.15, 0.2) is 0 Å². The Morgan fingerprint density at radius 2 is 1.77 bits per heavy atom. The van der Waals surface area contributed by atoms with Crippen molar-refractivity contribution in [3.05, 3.63) is 46.3 Å². The van der Waals surface area contributed by atoms with Gasteiger partial charge in [-0.05, 0) is 35.8 Å². The fourth-order valence-electron chi connectivity index (χ4n) is 3.35. The zero-order valence-electron chi connectivity index (χ0n) is 16.4. The first-order chi connectivity index (χ1) is 14.7. The third-order valence-electron chi connectivity index (χ3n) is 4.51. The van der Waals surface area contributed by atoms with Gasteiger partial charge in [0.25, 0.3) is 0 Å². The van der Waals surface area contributed by atoms with Crippen LogP contribution in [0.4, 0.5) is 13.2 Å². The SMILES string of the molecule is CCOC(=O)C1=C(CO)NC(C(F)(F)F)=C(C(=O)OCC)C1c1cccc2nonc12. The number of nitrogens with zero attached hydrogens (tertiary/aromatic N) is 2. The van der Waals surface area contributed by atoms with Crippen molar-refractivity contribution in [1.82, 2.24) is 15.6 Å². The molecule has 2 aromatic rings. The monoisotopic (exact) mass is 441 g/mol. The third-order valence-corrected chi connectivity index (χ3v) is 4.51. The minimum atomic E-state index is -5.03. The van der Waals surface area contributed by atoms with Crippen LogP contribution in [0.25, 0.3) is 11.0 Å². The molecule has 31 heavy (non-hydrogen) atoms. The van der Waals surface area contributed by atoms with E-state index in [0.29, 0.717) is 0 Å². The highest BCUT2D eigenvalue weighted by molar-refractivity contribution is 6.01. The molecule has 1 unspecified atom stereocenters. The third kappa shape index (κ3) is 4.10. The summed E-state index contributed by atoms with van der Waals surface area (Å²) in [7, 11) is 0. The van der Waals surface area contributed by atoms with Crippen LogP contribution in [0.3, 0.4) is 0 Å². The molecule has 9 nitrogen and oxygen atoms in total. The number of hydrogen-bond acceptors (Lipinski definition) is 9. The van der Waals surface area contributed by atoms with Crippen LogP contribution in [-0.2, 0) is 19.1 Å². The Balaban J connectivity index is 2.39. The quantitative estimate of drug-likeness (QED) is 0.649. The number of nitrogens with one attached hydrogen (secondary N) is 1. The topological polar surface area (TPSA) is 124 Å². The molecule has 1 aliphatic rings. The molecule has 166 valence electrons. The van der Waals surface area contributed by atoms with E-state index in [-0.39, 0.29) is 35.4 Å². The Morgan fingerprint density at radius 1 is 1.13 bits per heavy atom. The molecule has 0 spiro atoms. The molecular weight excluding hydrogens is 423 g/mol. The highest BCUT2D eigenvalue weighted by Crippen LogP contribution is 2.44. The normalized spacial score (nSPS) is 17.0. The van der Waals surface area contributed by atoms with Crippen molar-refractivity contribution in [2.75, 3.05) is 19.8 Å². The van der Waals surface area contributed by atoms with Crippen LogP contribution in [0.1, 0.15) is 25.3 Å². The molecule has 2 N–H and O–H groups in total. The standard InChI is InChI=1S/C19H18F3N3O6/c1-3-29-17(27)13-11(8-26)23-16(19(20,21)22)14(18(28)30-4-2)12(13)9-6-5-7-10-15(9)25-31-24-10/h5-7,12,23,26H,3-4,8H2,1-2H3. The molecule has 12 heteroatoms. The Kier molecular flexibility index (Phi) is 6.29. The Labute approximate surface area is 173 Å². The Bertz CT molecular complexity index is 1070. The smallest absolute Gasteiger partial charge is 0.431 e. The molecule has 0 amide bonds. The van der Waals surface area contributed by atoms with Crippen molar-refractivity contribution in [2.24, 2.45) is 0 Å². The second-order valence-corrected chi connectivity index (χ2v) is 6.31. The lowest BCUT2D eigenvalue weighted by molar-refractivity contribution is -0.141. The van der Waals surface area contributed by atoms with Crippen molar-refractivity contribution in [2.45, 2.75) is 25.9 Å². The second-order valence-electron chi connectivity index (χ2n) is 6.31. The number of aliphatic hydroxyl groups excluding tert-OH is 1. The molecule has 2 heterocycles. The number of hydrogen-bond donors (Lipinski definition) is 2. The van der Waals surface area contributed by atoms with Gasteiger partial charge in [-0.2, -0.15) is 13.2 Å². The number of aliphatic hydroxyl groups is 1. The zero-order chi connectivity index (χ0) is 22.8. The summed E-state index contributed by atoms with van der Waals surface area (Å²) in [5, 5.41) is 19.1. The molecule has 1 atom stereocenters. The Morgan fingerprint density at radius 3 is 2.35 bits per heavy atom. The summed E-state index contributed by atoms with van der Waals surface area (Å²) < 4.78 is 56.3. The van der Waals surface area contributed by atoms with Gasteiger partial charge < -0.3 is 19.9 Å². The summed E-state index contributed by atoms with van der Waals surface area (Å²) in [4.78, 5) is 25.5. The fourth-order valence-corrected chi connectivity index (χ4v) is 3.35. The van der Waals surface area contributed by atoms with E-state index >= 15 is 0 Å². The molecule has 0 saturated carbocycles. The number of carbonyl (C=O) groups excluding carboxylic acids is 2. The van der Waals surface area contributed by atoms with Crippen LogP contribution in [0.2, 0.25) is 0 Å². The molecule has 1 aromatic carbocycles. The lowest BCUT2D eigenvalue weighted by Crippen LogP contribution is -2.40. The molecule has 0 fully saturated rings. The summed E-state index contributed by atoms with van der Waals surface area (Å²) in [6.45, 7) is 1.69. The number of allylic oxidation sites excluding steroid dienone is 1. The molecular formula is C19H18F3N3O6. The van der Waals surface area contributed by atoms with E-state index in [4.69, 9.17) is 9.47 Å². The van der Waals surface area contributed by atoms with Gasteiger partial charge in [0.2, 0.25) is 0 Å². The highest BCUT2D eigenvalue weighted by Gasteiger charge is 2.48. The van der Waals surface area contributed by atoms with Crippen molar-refractivity contribution in [3.63, 3.8) is 0 Å². The van der Waals surface area contributed by atoms with Gasteiger partial charge in [0.1, 0.15) is 16.7 Å². The number of dihydropyridines is 1. The van der Waals surface area contributed by atoms with Gasteiger partial charge in [0, 0.05) is 0 Å². The first kappa shape index (κ1) is 22.3. The van der Waals surface area contributed by atoms with Crippen molar-refractivity contribution in [3.8, 4) is 0 Å². The van der Waals surface area contributed by atoms with Gasteiger partial charge in [-0.25, -0.2) is 14.2 Å². The van der Waals surface area contributed by atoms with Crippen molar-refractivity contribution in [1.29, 1.82) is 0 Å². The number of esters is 2. The van der Waals surface area contributed by atoms with Crippen LogP contribution in [0, 0.1) is 0 Å². The second kappa shape index (κ2) is 8.76. The average molecular weight is 441 g/mol. The first-order valence-electron chi connectivity index (χ1n) is 9.22. The van der Waals surface area contributed by atoms with E-state index in [0.717, 1.165) is 0 Å². The molecule has 0 saturated heterocycles. The van der Waals surface area contributed by atoms with Crippen LogP contribution in [0.15, 0.2) is 45.4 Å². The van der Waals surface area contributed by atoms with Crippen LogP contribution >= 0.6 is 0 Å². The maximum absolute atomic E-state index is 13.9. The lowest BCUT2D eigenvalue weighted by Gasteiger charge is -2.32. The molecule has 0 aliphatic carbocycles. The summed E-state index contributed by atoms with van der Waals surface area (Å²) in [5.74, 6) is -3.92. The predicted octanol–water partition coefficient (Wildman–Crippen LogP) is 2.10. The predicted molar refractivity (Wildman–Crippen MR) is 98.1 cm³/mol. The minimum absolute atomic E-state index is 0.0269. The largest absolute Gasteiger partial charge is 0.463 e. The summed E-state index contributed by atoms with van der Waals surface area (Å²) in [6, 6.07) is 4.33. The number of ether oxygens (including phenoxy) is 2. The van der Waals surface area contributed by atoms with Gasteiger partial charge in [-0.15, -0.1) is 0 Å². The number of rotatable bonds is 6. The van der Waals surface area contributed by atoms with E-state index in [1.54, 1.807) is 0 Å². The highest BCUT2D eigenvalue weighted by atomic mass is 19.4. The number of fused-ring (bicyclic) bond motifs is 1. The van der Waals surface area contributed by atoms with Gasteiger partial charge in [-0.3, -0.25) is 0 Å². The molecule has 1 aromatic heterocycles. The van der Waals surface area contributed by atoms with Crippen LogP contribution in [0.5, 0.6) is 0 Å². The van der Waals surface area contributed by atoms with Crippen LogP contribution < -0.4 is 5.32 Å². The zero-order valence-corrected chi connectivity index (χ0v) is 16.4. The summed E-state index contributed by atoms with van der Waals surface area (Å²) in [5.41, 5.74) is -2.91. The van der Waals surface area contributed by atoms with E-state index in [2.05, 4.69) is 14.9 Å². The summed E-state index contributed by atoms with van der Waals surface area (Å²) >= 11 is 0. The average Bonchev–Trinajstić information content (AvgIpc) is 3.20. The maximum Gasteiger partial charge on any atom is 0.431 e. The molecule has 0 radical (unpaired) electrons. The number of benzene rings is 1. The number of halogens is 3. The Hall–Kier alpha value is -3.41. The molecule has 3 rings (SSSR count). The molecule has 0 bridgehead atoms. The van der Waals surface area contributed by atoms with Gasteiger partial charge in [-0.1, -0.05) is 12.1 Å². The van der Waals surface area contributed by atoms with Crippen molar-refractivity contribution >= 4 is 23.0 Å². The fraction of sp³-hybridized carbons (Fsp3) is 0.368. The van der Waals surface area contributed by atoms with E-state index in [1.165, 1.54) is 32.0 Å². The minimum Gasteiger partial charge on any atom is -0.463 e. The van der Waals surface area contributed by atoms with Crippen LogP contribution in [-0.4, -0.2) is 53.4 Å². The summed E-state index contributed by atoms with van der Waals surface area (Å²) in [6.07, 6.45) is -5.03. The van der Waals surface area contributed by atoms with Gasteiger partial charge in [0.05, 0.1) is 42.6 Å². The number of alkyl halides is 3. The first-order valence-corrected chi connectivity index (χ1v) is 9.22.